The third kappa shape index (κ3) is 6.30. The van der Waals surface area contributed by atoms with E-state index in [1.807, 2.05) is 23.9 Å². The summed E-state index contributed by atoms with van der Waals surface area (Å²) in [4.78, 5) is 38.9. The SMILES string of the molecule is C=CC(=O)N1CCC[C@@H](n2cc(Nc3ncc(C(N)=O)c(Nc4c(C)cc(Oc5cccnc5)cc4OC)n3)cn2)C1. The molecule has 4 aromatic rings. The minimum absolute atomic E-state index is 0.0362. The van der Waals surface area contributed by atoms with Gasteiger partial charge in [0.2, 0.25) is 11.9 Å². The number of hydrogen-bond donors (Lipinski definition) is 3. The third-order valence-electron chi connectivity index (χ3n) is 6.78. The highest BCUT2D eigenvalue weighted by Gasteiger charge is 2.24. The maximum atomic E-state index is 12.2. The lowest BCUT2D eigenvalue weighted by atomic mass is 10.1. The van der Waals surface area contributed by atoms with Gasteiger partial charge >= 0.3 is 0 Å². The van der Waals surface area contributed by atoms with E-state index in [2.05, 4.69) is 37.3 Å². The van der Waals surface area contributed by atoms with E-state index < -0.39 is 5.91 Å². The van der Waals surface area contributed by atoms with Crippen molar-refractivity contribution in [1.82, 2.24) is 29.6 Å². The molecular formula is C29H31N9O4. The zero-order chi connectivity index (χ0) is 29.6. The summed E-state index contributed by atoms with van der Waals surface area (Å²) < 4.78 is 13.4. The van der Waals surface area contributed by atoms with Gasteiger partial charge in [0.05, 0.1) is 36.9 Å². The molecule has 4 N–H and O–H groups in total. The van der Waals surface area contributed by atoms with Crippen molar-refractivity contribution in [3.63, 3.8) is 0 Å². The average molecular weight is 570 g/mol. The summed E-state index contributed by atoms with van der Waals surface area (Å²) in [7, 11) is 1.53. The van der Waals surface area contributed by atoms with Gasteiger partial charge in [-0.2, -0.15) is 10.1 Å². The number of aryl methyl sites for hydroxylation is 1. The molecule has 1 aromatic carbocycles. The number of anilines is 4. The molecule has 0 unspecified atom stereocenters. The number of amides is 2. The van der Waals surface area contributed by atoms with Crippen LogP contribution < -0.4 is 25.8 Å². The largest absolute Gasteiger partial charge is 0.494 e. The van der Waals surface area contributed by atoms with Gasteiger partial charge in [-0.15, -0.1) is 0 Å². The van der Waals surface area contributed by atoms with Crippen molar-refractivity contribution in [2.45, 2.75) is 25.8 Å². The predicted molar refractivity (Wildman–Crippen MR) is 156 cm³/mol. The van der Waals surface area contributed by atoms with Gasteiger partial charge in [0.15, 0.2) is 0 Å². The molecule has 0 saturated carbocycles. The maximum Gasteiger partial charge on any atom is 0.254 e. The highest BCUT2D eigenvalue weighted by Crippen LogP contribution is 2.37. The molecule has 13 heteroatoms. The number of nitrogens with two attached hydrogens (primary N) is 1. The monoisotopic (exact) mass is 569 g/mol. The van der Waals surface area contributed by atoms with E-state index in [0.717, 1.165) is 18.4 Å². The first-order valence-corrected chi connectivity index (χ1v) is 13.3. The number of hydrogen-bond acceptors (Lipinski definition) is 10. The molecule has 2 amide bonds. The van der Waals surface area contributed by atoms with Crippen molar-refractivity contribution in [2.24, 2.45) is 5.73 Å². The molecule has 0 aliphatic carbocycles. The van der Waals surface area contributed by atoms with Crippen LogP contribution in [0.15, 0.2) is 67.9 Å². The van der Waals surface area contributed by atoms with Crippen LogP contribution in [0, 0.1) is 6.92 Å². The van der Waals surface area contributed by atoms with Gasteiger partial charge in [-0.05, 0) is 49.6 Å². The van der Waals surface area contributed by atoms with Crippen LogP contribution in [0.3, 0.4) is 0 Å². The Morgan fingerprint density at radius 3 is 2.79 bits per heavy atom. The number of primary amides is 1. The number of nitrogens with one attached hydrogen (secondary N) is 2. The Hall–Kier alpha value is -5.46. The number of rotatable bonds is 10. The van der Waals surface area contributed by atoms with E-state index in [0.29, 0.717) is 41.7 Å². The normalized spacial score (nSPS) is 14.6. The molecule has 1 aliphatic rings. The minimum atomic E-state index is -0.694. The van der Waals surface area contributed by atoms with Crippen molar-refractivity contribution in [1.29, 1.82) is 0 Å². The van der Waals surface area contributed by atoms with Crippen LogP contribution in [0.4, 0.5) is 23.1 Å². The van der Waals surface area contributed by atoms with Gasteiger partial charge in [-0.25, -0.2) is 4.98 Å². The van der Waals surface area contributed by atoms with Crippen LogP contribution in [-0.2, 0) is 4.79 Å². The number of benzene rings is 1. The molecular weight excluding hydrogens is 538 g/mol. The molecule has 216 valence electrons. The second-order valence-electron chi connectivity index (χ2n) is 9.67. The van der Waals surface area contributed by atoms with Crippen LogP contribution in [0.25, 0.3) is 0 Å². The Morgan fingerprint density at radius 1 is 1.19 bits per heavy atom. The van der Waals surface area contributed by atoms with Gasteiger partial charge in [0, 0.05) is 37.7 Å². The molecule has 1 saturated heterocycles. The van der Waals surface area contributed by atoms with E-state index in [1.165, 1.54) is 19.4 Å². The summed E-state index contributed by atoms with van der Waals surface area (Å²) in [5.41, 5.74) is 7.73. The summed E-state index contributed by atoms with van der Waals surface area (Å²) in [6.07, 6.45) is 11.2. The van der Waals surface area contributed by atoms with E-state index >= 15 is 0 Å². The summed E-state index contributed by atoms with van der Waals surface area (Å²) in [6.45, 7) is 6.71. The second-order valence-corrected chi connectivity index (χ2v) is 9.67. The fourth-order valence-corrected chi connectivity index (χ4v) is 4.71. The van der Waals surface area contributed by atoms with Gasteiger partial charge in [0.25, 0.3) is 5.91 Å². The lowest BCUT2D eigenvalue weighted by Gasteiger charge is -2.32. The molecule has 3 aromatic heterocycles. The molecule has 1 aliphatic heterocycles. The van der Waals surface area contributed by atoms with Gasteiger partial charge in [-0.1, -0.05) is 6.58 Å². The van der Waals surface area contributed by atoms with Crippen molar-refractivity contribution >= 4 is 35.0 Å². The van der Waals surface area contributed by atoms with Crippen molar-refractivity contribution < 1.29 is 19.1 Å². The number of aromatic nitrogens is 5. The second kappa shape index (κ2) is 12.4. The number of likely N-dealkylation sites (tertiary alicyclic amines) is 1. The predicted octanol–water partition coefficient (Wildman–Crippen LogP) is 4.11. The number of piperidine rings is 1. The van der Waals surface area contributed by atoms with Gasteiger partial charge in [-0.3, -0.25) is 19.3 Å². The van der Waals surface area contributed by atoms with Crippen molar-refractivity contribution in [3.8, 4) is 17.2 Å². The Bertz CT molecular complexity index is 1610. The van der Waals surface area contributed by atoms with Crippen molar-refractivity contribution in [3.05, 3.63) is 79.0 Å². The smallest absolute Gasteiger partial charge is 0.254 e. The molecule has 4 heterocycles. The first-order chi connectivity index (χ1) is 20.3. The third-order valence-corrected chi connectivity index (χ3v) is 6.78. The van der Waals surface area contributed by atoms with E-state index in [4.69, 9.17) is 15.2 Å². The average Bonchev–Trinajstić information content (AvgIpc) is 3.47. The molecule has 0 spiro atoms. The van der Waals surface area contributed by atoms with Crippen LogP contribution in [-0.4, -0.2) is 61.6 Å². The Morgan fingerprint density at radius 2 is 2.05 bits per heavy atom. The molecule has 13 nitrogen and oxygen atoms in total. The highest BCUT2D eigenvalue weighted by molar-refractivity contribution is 5.98. The first-order valence-electron chi connectivity index (χ1n) is 13.3. The number of pyridine rings is 1. The highest BCUT2D eigenvalue weighted by atomic mass is 16.5. The number of methoxy groups -OCH3 is 1. The summed E-state index contributed by atoms with van der Waals surface area (Å²) in [5.74, 6) is 1.24. The minimum Gasteiger partial charge on any atom is -0.494 e. The number of carbonyl (C=O) groups is 2. The Balaban J connectivity index is 1.36. The summed E-state index contributed by atoms with van der Waals surface area (Å²) >= 11 is 0. The zero-order valence-electron chi connectivity index (χ0n) is 23.3. The number of carbonyl (C=O) groups excluding carboxylic acids is 2. The van der Waals surface area contributed by atoms with Crippen LogP contribution in [0.2, 0.25) is 0 Å². The molecule has 1 fully saturated rings. The first kappa shape index (κ1) is 28.1. The maximum absolute atomic E-state index is 12.2. The Labute approximate surface area is 242 Å². The Kier molecular flexibility index (Phi) is 8.27. The number of nitrogens with zero attached hydrogens (tertiary/aromatic N) is 6. The fraction of sp³-hybridized carbons (Fsp3) is 0.241. The topological polar surface area (TPSA) is 162 Å². The molecule has 0 bridgehead atoms. The molecule has 0 radical (unpaired) electrons. The molecule has 5 rings (SSSR count). The standard InChI is InChI=1S/C29H31N9O4/c1-4-25(39)37-10-6-7-20(17-37)38-16-19(13-33-38)34-29-32-15-23(27(30)40)28(36-29)35-26-18(2)11-22(12-24(26)41-3)42-21-8-5-9-31-14-21/h4-5,8-9,11-16,20H,1,6-7,10,17H2,2-3H3,(H2,30,40)(H2,32,34,35,36)/t20-/m1/s1. The lowest BCUT2D eigenvalue weighted by Crippen LogP contribution is -2.39. The fourth-order valence-electron chi connectivity index (χ4n) is 4.71. The van der Waals surface area contributed by atoms with Crippen LogP contribution in [0.5, 0.6) is 17.2 Å². The van der Waals surface area contributed by atoms with Gasteiger partial charge in [0.1, 0.15) is 28.6 Å². The van der Waals surface area contributed by atoms with E-state index in [9.17, 15) is 9.59 Å². The quantitative estimate of drug-likeness (QED) is 0.237. The van der Waals surface area contributed by atoms with Gasteiger partial charge < -0.3 is 30.7 Å². The number of ether oxygens (including phenoxy) is 2. The molecule has 1 atom stereocenters. The summed E-state index contributed by atoms with van der Waals surface area (Å²) in [5, 5.41) is 10.8. The lowest BCUT2D eigenvalue weighted by molar-refractivity contribution is -0.127. The van der Waals surface area contributed by atoms with Crippen molar-refractivity contribution in [2.75, 3.05) is 30.8 Å². The van der Waals surface area contributed by atoms with Crippen LogP contribution in [0.1, 0.15) is 34.8 Å². The molecule has 42 heavy (non-hydrogen) atoms. The van der Waals surface area contributed by atoms with Crippen LogP contribution >= 0.6 is 0 Å². The summed E-state index contributed by atoms with van der Waals surface area (Å²) in [6, 6.07) is 7.16. The van der Waals surface area contributed by atoms with E-state index in [1.54, 1.807) is 41.7 Å². The zero-order valence-corrected chi connectivity index (χ0v) is 23.3. The van der Waals surface area contributed by atoms with E-state index in [-0.39, 0.29) is 29.3 Å².